The number of hydrogen-bond acceptors (Lipinski definition) is 5. The van der Waals surface area contributed by atoms with Crippen molar-refractivity contribution in [1.82, 2.24) is 20.1 Å². The lowest BCUT2D eigenvalue weighted by molar-refractivity contribution is 0.257. The first-order valence-electron chi connectivity index (χ1n) is 10.9. The summed E-state index contributed by atoms with van der Waals surface area (Å²) in [5.74, 6) is 0.771. The van der Waals surface area contributed by atoms with E-state index in [2.05, 4.69) is 45.5 Å². The highest BCUT2D eigenvalue weighted by molar-refractivity contribution is 6.04. The standard InChI is InChI=1S/C23H29N7O/c1-14-9-18(10-17-13-28(4)27-21(14)17)26-23(31)30-8-6-19-20(5-7-24-22(19)30)29-11-15(2)25-16(3)12-29/h5,7,9-10,13,15-16,25H,6,8,11-12H2,1-4H3,(H,26,31)/t15-,16+. The number of piperazine rings is 1. The van der Waals surface area contributed by atoms with Gasteiger partial charge >= 0.3 is 6.03 Å². The highest BCUT2D eigenvalue weighted by Gasteiger charge is 2.31. The van der Waals surface area contributed by atoms with E-state index in [0.717, 1.165) is 53.0 Å². The number of fused-ring (bicyclic) bond motifs is 2. The molecule has 0 saturated carbocycles. The number of nitrogens with zero attached hydrogens (tertiary/aromatic N) is 5. The molecule has 8 nitrogen and oxygen atoms in total. The number of urea groups is 1. The number of aryl methyl sites for hydroxylation is 2. The number of rotatable bonds is 2. The van der Waals surface area contributed by atoms with Crippen LogP contribution in [-0.2, 0) is 13.5 Å². The summed E-state index contributed by atoms with van der Waals surface area (Å²) in [5.41, 5.74) is 5.14. The molecule has 0 radical (unpaired) electrons. The van der Waals surface area contributed by atoms with Crippen LogP contribution in [0.3, 0.4) is 0 Å². The Morgan fingerprint density at radius 3 is 2.77 bits per heavy atom. The van der Waals surface area contributed by atoms with Crippen LogP contribution in [0.2, 0.25) is 0 Å². The Morgan fingerprint density at radius 2 is 2.00 bits per heavy atom. The molecule has 1 aromatic carbocycles. The van der Waals surface area contributed by atoms with Gasteiger partial charge in [0.2, 0.25) is 0 Å². The Labute approximate surface area is 182 Å². The molecule has 31 heavy (non-hydrogen) atoms. The Morgan fingerprint density at radius 1 is 1.23 bits per heavy atom. The average molecular weight is 420 g/mol. The third kappa shape index (κ3) is 3.61. The van der Waals surface area contributed by atoms with E-state index in [1.165, 1.54) is 5.69 Å². The molecular formula is C23H29N7O. The number of aromatic nitrogens is 3. The van der Waals surface area contributed by atoms with Crippen molar-refractivity contribution in [1.29, 1.82) is 0 Å². The van der Waals surface area contributed by atoms with Gasteiger partial charge in [-0.2, -0.15) is 5.10 Å². The third-order valence-electron chi connectivity index (χ3n) is 6.16. The fourth-order valence-electron chi connectivity index (χ4n) is 4.98. The maximum absolute atomic E-state index is 13.2. The van der Waals surface area contributed by atoms with Gasteiger partial charge in [-0.3, -0.25) is 9.58 Å². The molecule has 162 valence electrons. The van der Waals surface area contributed by atoms with Crippen LogP contribution in [0.5, 0.6) is 0 Å². The van der Waals surface area contributed by atoms with Crippen LogP contribution in [0, 0.1) is 6.92 Å². The lowest BCUT2D eigenvalue weighted by Gasteiger charge is -2.38. The predicted octanol–water partition coefficient (Wildman–Crippen LogP) is 3.06. The molecular weight excluding hydrogens is 390 g/mol. The molecule has 2 aliphatic heterocycles. The van der Waals surface area contributed by atoms with Gasteiger partial charge in [-0.25, -0.2) is 9.78 Å². The maximum Gasteiger partial charge on any atom is 0.327 e. The molecule has 8 heteroatoms. The van der Waals surface area contributed by atoms with E-state index >= 15 is 0 Å². The summed E-state index contributed by atoms with van der Waals surface area (Å²) in [5, 5.41) is 12.1. The molecule has 0 aliphatic carbocycles. The highest BCUT2D eigenvalue weighted by Crippen LogP contribution is 2.35. The van der Waals surface area contributed by atoms with E-state index in [-0.39, 0.29) is 6.03 Å². The zero-order valence-corrected chi connectivity index (χ0v) is 18.5. The van der Waals surface area contributed by atoms with Gasteiger partial charge in [-0.05, 0) is 51.0 Å². The molecule has 0 unspecified atom stereocenters. The zero-order chi connectivity index (χ0) is 21.7. The molecule has 2 atom stereocenters. The second-order valence-corrected chi connectivity index (χ2v) is 8.87. The normalized spacial score (nSPS) is 20.9. The second kappa shape index (κ2) is 7.53. The molecule has 2 aliphatic rings. The number of hydrogen-bond donors (Lipinski definition) is 2. The van der Waals surface area contributed by atoms with Gasteiger partial charge in [0.1, 0.15) is 5.82 Å². The van der Waals surface area contributed by atoms with Crippen molar-refractivity contribution in [3.63, 3.8) is 0 Å². The summed E-state index contributed by atoms with van der Waals surface area (Å²) in [6.45, 7) is 8.99. The van der Waals surface area contributed by atoms with E-state index in [1.54, 1.807) is 9.58 Å². The molecule has 2 N–H and O–H groups in total. The number of nitrogens with one attached hydrogen (secondary N) is 2. The lowest BCUT2D eigenvalue weighted by Crippen LogP contribution is -2.54. The van der Waals surface area contributed by atoms with Crippen LogP contribution in [0.4, 0.5) is 22.0 Å². The summed E-state index contributed by atoms with van der Waals surface area (Å²) < 4.78 is 1.79. The van der Waals surface area contributed by atoms with Gasteiger partial charge in [0.15, 0.2) is 0 Å². The van der Waals surface area contributed by atoms with Crippen LogP contribution >= 0.6 is 0 Å². The smallest absolute Gasteiger partial charge is 0.327 e. The minimum Gasteiger partial charge on any atom is -0.368 e. The minimum atomic E-state index is -0.145. The molecule has 1 fully saturated rings. The van der Waals surface area contributed by atoms with Gasteiger partial charge in [-0.15, -0.1) is 0 Å². The molecule has 1 saturated heterocycles. The van der Waals surface area contributed by atoms with Gasteiger partial charge < -0.3 is 15.5 Å². The van der Waals surface area contributed by atoms with Crippen LogP contribution < -0.4 is 20.4 Å². The molecule has 0 spiro atoms. The maximum atomic E-state index is 13.2. The van der Waals surface area contributed by atoms with Crippen molar-refractivity contribution >= 4 is 34.1 Å². The highest BCUT2D eigenvalue weighted by atomic mass is 16.2. The van der Waals surface area contributed by atoms with Gasteiger partial charge in [0.05, 0.1) is 5.52 Å². The number of anilines is 3. The number of benzene rings is 1. The Kier molecular flexibility index (Phi) is 4.81. The SMILES string of the molecule is Cc1cc(NC(=O)N2CCc3c(N4C[C@@H](C)N[C@@H](C)C4)ccnc32)cc2cn(C)nc12. The van der Waals surface area contributed by atoms with Crippen LogP contribution in [0.1, 0.15) is 25.0 Å². The number of amides is 2. The van der Waals surface area contributed by atoms with Crippen molar-refractivity contribution in [3.05, 3.63) is 41.7 Å². The molecule has 0 bridgehead atoms. The monoisotopic (exact) mass is 419 g/mol. The first-order chi connectivity index (χ1) is 14.9. The minimum absolute atomic E-state index is 0.145. The Hall–Kier alpha value is -3.13. The summed E-state index contributed by atoms with van der Waals surface area (Å²) in [6.07, 6.45) is 4.61. The molecule has 5 rings (SSSR count). The summed E-state index contributed by atoms with van der Waals surface area (Å²) >= 11 is 0. The quantitative estimate of drug-likeness (QED) is 0.668. The largest absolute Gasteiger partial charge is 0.368 e. The van der Waals surface area contributed by atoms with Gasteiger partial charge in [0, 0.05) is 73.5 Å². The summed E-state index contributed by atoms with van der Waals surface area (Å²) in [7, 11) is 1.90. The lowest BCUT2D eigenvalue weighted by atomic mass is 10.1. The molecule has 4 heterocycles. The Bertz CT molecular complexity index is 1140. The van der Waals surface area contributed by atoms with Gasteiger partial charge in [0.25, 0.3) is 0 Å². The fraction of sp³-hybridized carbons (Fsp3) is 0.435. The average Bonchev–Trinajstić information content (AvgIpc) is 3.30. The number of pyridine rings is 1. The Balaban J connectivity index is 1.39. The van der Waals surface area contributed by atoms with Crippen LogP contribution in [0.25, 0.3) is 10.9 Å². The number of carbonyl (C=O) groups excluding carboxylic acids is 1. The topological polar surface area (TPSA) is 78.3 Å². The van der Waals surface area contributed by atoms with E-state index < -0.39 is 0 Å². The summed E-state index contributed by atoms with van der Waals surface area (Å²) in [6, 6.07) is 6.74. The third-order valence-corrected chi connectivity index (χ3v) is 6.16. The predicted molar refractivity (Wildman–Crippen MR) is 124 cm³/mol. The fourth-order valence-corrected chi connectivity index (χ4v) is 4.98. The van der Waals surface area contributed by atoms with Crippen molar-refractivity contribution in [2.75, 3.05) is 34.8 Å². The first kappa shape index (κ1) is 19.8. The van der Waals surface area contributed by atoms with Crippen LogP contribution in [-0.4, -0.2) is 52.5 Å². The van der Waals surface area contributed by atoms with Crippen molar-refractivity contribution in [2.45, 2.75) is 39.3 Å². The van der Waals surface area contributed by atoms with Crippen molar-refractivity contribution in [3.8, 4) is 0 Å². The van der Waals surface area contributed by atoms with Crippen LogP contribution in [0.15, 0.2) is 30.6 Å². The van der Waals surface area contributed by atoms with Gasteiger partial charge in [-0.1, -0.05) is 0 Å². The first-order valence-corrected chi connectivity index (χ1v) is 10.9. The number of carbonyl (C=O) groups is 1. The van der Waals surface area contributed by atoms with E-state index in [4.69, 9.17) is 0 Å². The molecule has 3 aromatic rings. The van der Waals surface area contributed by atoms with E-state index in [9.17, 15) is 4.79 Å². The van der Waals surface area contributed by atoms with E-state index in [1.807, 2.05) is 38.5 Å². The van der Waals surface area contributed by atoms with E-state index in [0.29, 0.717) is 18.6 Å². The van der Waals surface area contributed by atoms with Crippen molar-refractivity contribution in [2.24, 2.45) is 7.05 Å². The second-order valence-electron chi connectivity index (χ2n) is 8.87. The zero-order valence-electron chi connectivity index (χ0n) is 18.5. The summed E-state index contributed by atoms with van der Waals surface area (Å²) in [4.78, 5) is 21.9. The van der Waals surface area contributed by atoms with Crippen molar-refractivity contribution < 1.29 is 4.79 Å². The molecule has 2 aromatic heterocycles. The molecule has 2 amide bonds.